The predicted molar refractivity (Wildman–Crippen MR) is 96.2 cm³/mol. The fraction of sp³-hybridized carbons (Fsp3) is 0.333. The first kappa shape index (κ1) is 16.7. The fourth-order valence-corrected chi connectivity index (χ4v) is 4.31. The van der Waals surface area contributed by atoms with Crippen molar-refractivity contribution >= 4 is 29.2 Å². The number of hydrogen-bond donors (Lipinski definition) is 2. The summed E-state index contributed by atoms with van der Waals surface area (Å²) in [4.78, 5) is 41.9. The highest BCUT2D eigenvalue weighted by Gasteiger charge is 2.57. The maximum absolute atomic E-state index is 12.6. The zero-order chi connectivity index (χ0) is 18.3. The van der Waals surface area contributed by atoms with Gasteiger partial charge in [0.25, 0.3) is 5.91 Å². The molecule has 1 aromatic heterocycles. The number of amides is 4. The Hall–Kier alpha value is -2.74. The van der Waals surface area contributed by atoms with E-state index in [2.05, 4.69) is 15.6 Å². The summed E-state index contributed by atoms with van der Waals surface area (Å²) in [5.74, 6) is -0.614. The minimum atomic E-state index is -0.890. The van der Waals surface area contributed by atoms with E-state index in [1.165, 1.54) is 0 Å². The van der Waals surface area contributed by atoms with Crippen molar-refractivity contribution in [2.75, 3.05) is 7.05 Å². The zero-order valence-electron chi connectivity index (χ0n) is 14.2. The molecule has 2 heterocycles. The summed E-state index contributed by atoms with van der Waals surface area (Å²) >= 11 is 1.55. The van der Waals surface area contributed by atoms with Crippen molar-refractivity contribution in [2.45, 2.75) is 24.9 Å². The van der Waals surface area contributed by atoms with Crippen LogP contribution in [0.4, 0.5) is 4.79 Å². The van der Waals surface area contributed by atoms with Crippen molar-refractivity contribution < 1.29 is 14.4 Å². The van der Waals surface area contributed by atoms with E-state index in [1.807, 2.05) is 35.7 Å². The van der Waals surface area contributed by atoms with Crippen molar-refractivity contribution in [3.63, 3.8) is 0 Å². The Labute approximate surface area is 154 Å². The Kier molecular flexibility index (Phi) is 3.99. The minimum Gasteiger partial charge on any atom is -0.340 e. The van der Waals surface area contributed by atoms with Gasteiger partial charge in [-0.15, -0.1) is 11.3 Å². The third-order valence-corrected chi connectivity index (χ3v) is 5.84. The molecule has 134 valence electrons. The van der Waals surface area contributed by atoms with Crippen LogP contribution in [0.1, 0.15) is 18.5 Å². The number of aromatic nitrogens is 1. The topological polar surface area (TPSA) is 91.4 Å². The lowest BCUT2D eigenvalue weighted by atomic mass is 9.67. The molecule has 2 N–H and O–H groups in total. The second kappa shape index (κ2) is 6.21. The highest BCUT2D eigenvalue weighted by molar-refractivity contribution is 7.13. The third-order valence-electron chi connectivity index (χ3n) is 4.90. The molecule has 2 aromatic rings. The van der Waals surface area contributed by atoms with Crippen molar-refractivity contribution in [1.82, 2.24) is 20.5 Å². The first-order valence-electron chi connectivity index (χ1n) is 8.35. The first-order chi connectivity index (χ1) is 12.5. The first-order valence-corrected chi connectivity index (χ1v) is 9.23. The minimum absolute atomic E-state index is 0.0289. The van der Waals surface area contributed by atoms with Crippen molar-refractivity contribution in [1.29, 1.82) is 0 Å². The highest BCUT2D eigenvalue weighted by atomic mass is 32.1. The van der Waals surface area contributed by atoms with Gasteiger partial charge in [-0.2, -0.15) is 0 Å². The molecule has 0 atom stereocenters. The second-order valence-corrected chi connectivity index (χ2v) is 7.66. The van der Waals surface area contributed by atoms with Gasteiger partial charge in [0, 0.05) is 23.9 Å². The van der Waals surface area contributed by atoms with Crippen LogP contribution in [0.15, 0.2) is 35.7 Å². The standard InChI is InChI=1S/C18H18N4O3S/c1-22(9-13-10-26-14(19-13)11-5-3-2-4-6-11)15(23)12-7-18(8-12)16(24)20-17(25)21-18/h2-6,10,12H,7-9H2,1H3,(H2,20,21,24,25). The molecule has 1 saturated heterocycles. The van der Waals surface area contributed by atoms with E-state index >= 15 is 0 Å². The van der Waals surface area contributed by atoms with Gasteiger partial charge in [0.05, 0.1) is 12.2 Å². The molecule has 0 radical (unpaired) electrons. The summed E-state index contributed by atoms with van der Waals surface area (Å²) in [6, 6.07) is 9.43. The summed E-state index contributed by atoms with van der Waals surface area (Å²) < 4.78 is 0. The quantitative estimate of drug-likeness (QED) is 0.802. The molecule has 4 rings (SSSR count). The molecule has 1 aliphatic carbocycles. The van der Waals surface area contributed by atoms with Gasteiger partial charge in [-0.1, -0.05) is 30.3 Å². The molecule has 26 heavy (non-hydrogen) atoms. The van der Waals surface area contributed by atoms with Crippen molar-refractivity contribution in [3.8, 4) is 10.6 Å². The van der Waals surface area contributed by atoms with Gasteiger partial charge in [-0.25, -0.2) is 9.78 Å². The number of hydrogen-bond acceptors (Lipinski definition) is 5. The largest absolute Gasteiger partial charge is 0.340 e. The van der Waals surface area contributed by atoms with Gasteiger partial charge >= 0.3 is 6.03 Å². The molecular weight excluding hydrogens is 352 g/mol. The van der Waals surface area contributed by atoms with Crippen LogP contribution in [-0.2, 0) is 16.1 Å². The van der Waals surface area contributed by atoms with Crippen molar-refractivity contribution in [2.24, 2.45) is 5.92 Å². The third kappa shape index (κ3) is 2.86. The number of carbonyl (C=O) groups excluding carboxylic acids is 3. The molecule has 2 fully saturated rings. The Morgan fingerprint density at radius 1 is 1.31 bits per heavy atom. The number of rotatable bonds is 4. The van der Waals surface area contributed by atoms with Gasteiger partial charge in [-0.05, 0) is 12.8 Å². The van der Waals surface area contributed by atoms with E-state index in [1.54, 1.807) is 23.3 Å². The molecule has 8 heteroatoms. The van der Waals surface area contributed by atoms with Crippen LogP contribution in [0.25, 0.3) is 10.6 Å². The normalized spacial score (nSPS) is 24.1. The Bertz CT molecular complexity index is 874. The Morgan fingerprint density at radius 2 is 2.04 bits per heavy atom. The highest BCUT2D eigenvalue weighted by Crippen LogP contribution is 2.41. The molecule has 2 aliphatic rings. The molecule has 4 amide bonds. The number of carbonyl (C=O) groups is 3. The van der Waals surface area contributed by atoms with Gasteiger partial charge in [0.2, 0.25) is 5.91 Å². The number of nitrogens with one attached hydrogen (secondary N) is 2. The summed E-state index contributed by atoms with van der Waals surface area (Å²) in [5.41, 5.74) is 1.01. The predicted octanol–water partition coefficient (Wildman–Crippen LogP) is 1.76. The second-order valence-electron chi connectivity index (χ2n) is 6.80. The molecule has 7 nitrogen and oxygen atoms in total. The monoisotopic (exact) mass is 370 g/mol. The molecule has 0 unspecified atom stereocenters. The van der Waals surface area contributed by atoms with Gasteiger partial charge < -0.3 is 10.2 Å². The van der Waals surface area contributed by atoms with E-state index < -0.39 is 11.6 Å². The number of urea groups is 1. The van der Waals surface area contributed by atoms with Crippen LogP contribution in [0, 0.1) is 5.92 Å². The van der Waals surface area contributed by atoms with Crippen LogP contribution in [-0.4, -0.2) is 40.3 Å². The van der Waals surface area contributed by atoms with E-state index in [-0.39, 0.29) is 17.7 Å². The number of thiazole rings is 1. The smallest absolute Gasteiger partial charge is 0.322 e. The van der Waals surface area contributed by atoms with E-state index in [0.29, 0.717) is 19.4 Å². The summed E-state index contributed by atoms with van der Waals surface area (Å²) in [6.07, 6.45) is 0.695. The number of nitrogens with zero attached hydrogens (tertiary/aromatic N) is 2. The maximum Gasteiger partial charge on any atom is 0.322 e. The number of benzene rings is 1. The van der Waals surface area contributed by atoms with Crippen LogP contribution < -0.4 is 10.6 Å². The van der Waals surface area contributed by atoms with E-state index in [9.17, 15) is 14.4 Å². The molecule has 1 aromatic carbocycles. The van der Waals surface area contributed by atoms with Gasteiger partial charge in [-0.3, -0.25) is 14.9 Å². The van der Waals surface area contributed by atoms with Crippen LogP contribution in [0.2, 0.25) is 0 Å². The lowest BCUT2D eigenvalue weighted by Gasteiger charge is -2.42. The molecule has 1 aliphatic heterocycles. The maximum atomic E-state index is 12.6. The zero-order valence-corrected chi connectivity index (χ0v) is 15.0. The SMILES string of the molecule is CN(Cc1csc(-c2ccccc2)n1)C(=O)C1CC2(C1)NC(=O)NC2=O. The summed E-state index contributed by atoms with van der Waals surface area (Å²) in [7, 11) is 1.74. The van der Waals surface area contributed by atoms with Crippen LogP contribution in [0.3, 0.4) is 0 Å². The lowest BCUT2D eigenvalue weighted by molar-refractivity contribution is -0.143. The summed E-state index contributed by atoms with van der Waals surface area (Å²) in [6.45, 7) is 0.421. The van der Waals surface area contributed by atoms with Crippen LogP contribution >= 0.6 is 11.3 Å². The Balaban J connectivity index is 1.36. The molecule has 1 spiro atoms. The van der Waals surface area contributed by atoms with Gasteiger partial charge in [0.1, 0.15) is 10.5 Å². The fourth-order valence-electron chi connectivity index (χ4n) is 3.50. The Morgan fingerprint density at radius 3 is 2.69 bits per heavy atom. The van der Waals surface area contributed by atoms with Gasteiger partial charge in [0.15, 0.2) is 0 Å². The molecule has 1 saturated carbocycles. The summed E-state index contributed by atoms with van der Waals surface area (Å²) in [5, 5.41) is 7.75. The van der Waals surface area contributed by atoms with E-state index in [4.69, 9.17) is 0 Å². The van der Waals surface area contributed by atoms with Crippen molar-refractivity contribution in [3.05, 3.63) is 41.4 Å². The lowest BCUT2D eigenvalue weighted by Crippen LogP contribution is -2.60. The average Bonchev–Trinajstić information content (AvgIpc) is 3.17. The molecule has 0 bridgehead atoms. The number of imide groups is 1. The van der Waals surface area contributed by atoms with Crippen LogP contribution in [0.5, 0.6) is 0 Å². The van der Waals surface area contributed by atoms with E-state index in [0.717, 1.165) is 16.3 Å². The molecular formula is C18H18N4O3S. The average molecular weight is 370 g/mol.